The second kappa shape index (κ2) is 9.99. The van der Waals surface area contributed by atoms with Gasteiger partial charge in [-0.3, -0.25) is 14.9 Å². The maximum atomic E-state index is 13.3. The molecule has 8 heteroatoms. The first-order valence-electron chi connectivity index (χ1n) is 10.8. The Morgan fingerprint density at radius 1 is 1.06 bits per heavy atom. The van der Waals surface area contributed by atoms with Gasteiger partial charge in [0.2, 0.25) is 0 Å². The summed E-state index contributed by atoms with van der Waals surface area (Å²) in [5.41, 5.74) is 2.79. The van der Waals surface area contributed by atoms with E-state index >= 15 is 0 Å². The molecule has 3 aromatic carbocycles. The summed E-state index contributed by atoms with van der Waals surface area (Å²) in [6.45, 7) is 2.69. The highest BCUT2D eigenvalue weighted by atomic mass is 16.6. The number of methoxy groups -OCH3 is 1. The molecule has 1 amide bonds. The van der Waals surface area contributed by atoms with Crippen molar-refractivity contribution in [1.82, 2.24) is 4.98 Å². The molecule has 0 atom stereocenters. The zero-order valence-electron chi connectivity index (χ0n) is 18.8. The van der Waals surface area contributed by atoms with E-state index in [1.54, 1.807) is 6.07 Å². The number of amides is 1. The van der Waals surface area contributed by atoms with Crippen LogP contribution in [0.5, 0.6) is 11.5 Å². The SMILES string of the molecule is CCCOc1ccc(-c2cc(C(=O)Nc3ccc([N+](=O)[O-])cc3OC)c3ccccc3n2)cc1. The first-order valence-corrected chi connectivity index (χ1v) is 10.8. The zero-order chi connectivity index (χ0) is 24.1. The molecule has 4 aromatic rings. The Labute approximate surface area is 196 Å². The number of hydrogen-bond acceptors (Lipinski definition) is 6. The first kappa shape index (κ1) is 22.7. The Balaban J connectivity index is 1.71. The van der Waals surface area contributed by atoms with Gasteiger partial charge in [0.1, 0.15) is 11.5 Å². The largest absolute Gasteiger partial charge is 0.494 e. The van der Waals surface area contributed by atoms with E-state index in [4.69, 9.17) is 14.5 Å². The number of nitro groups is 1. The van der Waals surface area contributed by atoms with Crippen LogP contribution in [0.4, 0.5) is 11.4 Å². The van der Waals surface area contributed by atoms with Crippen LogP contribution in [-0.2, 0) is 0 Å². The summed E-state index contributed by atoms with van der Waals surface area (Å²) in [6, 6.07) is 20.7. The molecule has 0 unspecified atom stereocenters. The van der Waals surface area contributed by atoms with Crippen LogP contribution in [0.2, 0.25) is 0 Å². The van der Waals surface area contributed by atoms with E-state index < -0.39 is 4.92 Å². The smallest absolute Gasteiger partial charge is 0.273 e. The van der Waals surface area contributed by atoms with E-state index in [0.29, 0.717) is 34.5 Å². The Kier molecular flexibility index (Phi) is 6.68. The average molecular weight is 457 g/mol. The summed E-state index contributed by atoms with van der Waals surface area (Å²) < 4.78 is 10.9. The zero-order valence-corrected chi connectivity index (χ0v) is 18.8. The van der Waals surface area contributed by atoms with Crippen molar-refractivity contribution >= 4 is 28.2 Å². The Morgan fingerprint density at radius 3 is 2.53 bits per heavy atom. The third kappa shape index (κ3) is 4.80. The van der Waals surface area contributed by atoms with Gasteiger partial charge in [-0.2, -0.15) is 0 Å². The van der Waals surface area contributed by atoms with E-state index in [1.165, 1.54) is 25.3 Å². The summed E-state index contributed by atoms with van der Waals surface area (Å²) in [5, 5.41) is 14.6. The van der Waals surface area contributed by atoms with Crippen LogP contribution in [-0.4, -0.2) is 29.5 Å². The topological polar surface area (TPSA) is 104 Å². The fourth-order valence-corrected chi connectivity index (χ4v) is 3.54. The number of nitrogens with zero attached hydrogens (tertiary/aromatic N) is 2. The molecule has 0 fully saturated rings. The van der Waals surface area contributed by atoms with Crippen molar-refractivity contribution in [2.45, 2.75) is 13.3 Å². The molecule has 0 aliphatic carbocycles. The van der Waals surface area contributed by atoms with Crippen LogP contribution in [0.15, 0.2) is 72.8 Å². The Morgan fingerprint density at radius 2 is 1.82 bits per heavy atom. The molecule has 172 valence electrons. The lowest BCUT2D eigenvalue weighted by Crippen LogP contribution is -2.14. The van der Waals surface area contributed by atoms with E-state index in [0.717, 1.165) is 17.7 Å². The lowest BCUT2D eigenvalue weighted by atomic mass is 10.0. The summed E-state index contributed by atoms with van der Waals surface area (Å²) in [6.07, 6.45) is 0.923. The van der Waals surface area contributed by atoms with Crippen LogP contribution >= 0.6 is 0 Å². The summed E-state index contributed by atoms with van der Waals surface area (Å²) in [7, 11) is 1.39. The molecular formula is C26H23N3O5. The molecule has 0 aliphatic rings. The molecule has 34 heavy (non-hydrogen) atoms. The number of anilines is 1. The van der Waals surface area contributed by atoms with Gasteiger partial charge in [-0.05, 0) is 48.9 Å². The van der Waals surface area contributed by atoms with Crippen molar-refractivity contribution < 1.29 is 19.2 Å². The highest BCUT2D eigenvalue weighted by molar-refractivity contribution is 6.13. The molecule has 0 saturated heterocycles. The summed E-state index contributed by atoms with van der Waals surface area (Å²) in [5.74, 6) is 0.591. The lowest BCUT2D eigenvalue weighted by Gasteiger charge is -2.13. The van der Waals surface area contributed by atoms with Crippen molar-refractivity contribution in [3.8, 4) is 22.8 Å². The van der Waals surface area contributed by atoms with Crippen molar-refractivity contribution in [2.24, 2.45) is 0 Å². The number of benzene rings is 3. The van der Waals surface area contributed by atoms with E-state index in [9.17, 15) is 14.9 Å². The van der Waals surface area contributed by atoms with Crippen LogP contribution in [0.3, 0.4) is 0 Å². The number of carbonyl (C=O) groups is 1. The van der Waals surface area contributed by atoms with Crippen LogP contribution in [0.1, 0.15) is 23.7 Å². The molecule has 0 saturated carbocycles. The number of aromatic nitrogens is 1. The van der Waals surface area contributed by atoms with E-state index in [2.05, 4.69) is 5.32 Å². The maximum Gasteiger partial charge on any atom is 0.273 e. The van der Waals surface area contributed by atoms with Crippen molar-refractivity contribution in [1.29, 1.82) is 0 Å². The van der Waals surface area contributed by atoms with E-state index in [1.807, 2.05) is 55.5 Å². The number of non-ortho nitro benzene ring substituents is 1. The van der Waals surface area contributed by atoms with Crippen LogP contribution in [0.25, 0.3) is 22.2 Å². The minimum absolute atomic E-state index is 0.127. The van der Waals surface area contributed by atoms with Gasteiger partial charge in [-0.1, -0.05) is 25.1 Å². The van der Waals surface area contributed by atoms with Gasteiger partial charge in [0, 0.05) is 17.0 Å². The van der Waals surface area contributed by atoms with Gasteiger partial charge in [-0.25, -0.2) is 4.98 Å². The minimum atomic E-state index is -0.519. The number of hydrogen-bond donors (Lipinski definition) is 1. The van der Waals surface area contributed by atoms with Crippen molar-refractivity contribution in [3.05, 3.63) is 88.5 Å². The molecule has 1 heterocycles. The number of para-hydroxylation sites is 1. The molecule has 1 N–H and O–H groups in total. The van der Waals surface area contributed by atoms with Gasteiger partial charge < -0.3 is 14.8 Å². The van der Waals surface area contributed by atoms with Gasteiger partial charge in [0.25, 0.3) is 11.6 Å². The number of fused-ring (bicyclic) bond motifs is 1. The maximum absolute atomic E-state index is 13.3. The third-order valence-corrected chi connectivity index (χ3v) is 5.23. The highest BCUT2D eigenvalue weighted by Crippen LogP contribution is 2.31. The molecule has 8 nitrogen and oxygen atoms in total. The van der Waals surface area contributed by atoms with Gasteiger partial charge in [0.15, 0.2) is 0 Å². The number of ether oxygens (including phenoxy) is 2. The molecule has 0 aliphatic heterocycles. The predicted octanol–water partition coefficient (Wildman–Crippen LogP) is 5.86. The fraction of sp³-hybridized carbons (Fsp3) is 0.154. The van der Waals surface area contributed by atoms with Gasteiger partial charge >= 0.3 is 0 Å². The van der Waals surface area contributed by atoms with Crippen molar-refractivity contribution in [3.63, 3.8) is 0 Å². The molecule has 0 spiro atoms. The second-order valence-corrected chi connectivity index (χ2v) is 7.54. The first-order chi connectivity index (χ1) is 16.5. The quantitative estimate of drug-likeness (QED) is 0.263. The standard InChI is InChI=1S/C26H23N3O5/c1-3-14-34-19-11-8-17(9-12-19)24-16-21(20-6-4-5-7-22(20)27-24)26(30)28-23-13-10-18(29(31)32)15-25(23)33-2/h4-13,15-16H,3,14H2,1-2H3,(H,28,30). The number of nitrogens with one attached hydrogen (secondary N) is 1. The number of carbonyl (C=O) groups excluding carboxylic acids is 1. The molecule has 0 bridgehead atoms. The molecule has 4 rings (SSSR count). The fourth-order valence-electron chi connectivity index (χ4n) is 3.54. The third-order valence-electron chi connectivity index (χ3n) is 5.23. The van der Waals surface area contributed by atoms with Gasteiger partial charge in [0.05, 0.1) is 47.2 Å². The van der Waals surface area contributed by atoms with Crippen molar-refractivity contribution in [2.75, 3.05) is 19.0 Å². The highest BCUT2D eigenvalue weighted by Gasteiger charge is 2.18. The number of pyridine rings is 1. The van der Waals surface area contributed by atoms with Gasteiger partial charge in [-0.15, -0.1) is 0 Å². The molecule has 0 radical (unpaired) electrons. The molecule has 1 aromatic heterocycles. The monoisotopic (exact) mass is 457 g/mol. The second-order valence-electron chi connectivity index (χ2n) is 7.54. The normalized spacial score (nSPS) is 10.6. The Hall–Kier alpha value is -4.46. The summed E-state index contributed by atoms with van der Waals surface area (Å²) >= 11 is 0. The van der Waals surface area contributed by atoms with Crippen LogP contribution < -0.4 is 14.8 Å². The minimum Gasteiger partial charge on any atom is -0.494 e. The average Bonchev–Trinajstić information content (AvgIpc) is 2.87. The number of rotatable bonds is 8. The summed E-state index contributed by atoms with van der Waals surface area (Å²) in [4.78, 5) is 28.6. The Bertz CT molecular complexity index is 1350. The predicted molar refractivity (Wildman–Crippen MR) is 131 cm³/mol. The molecular weight excluding hydrogens is 434 g/mol. The number of nitro benzene ring substituents is 1. The van der Waals surface area contributed by atoms with E-state index in [-0.39, 0.29) is 17.3 Å². The lowest BCUT2D eigenvalue weighted by molar-refractivity contribution is -0.384. The van der Waals surface area contributed by atoms with Crippen LogP contribution in [0, 0.1) is 10.1 Å².